The minimum Gasteiger partial charge on any atom is -0.481 e. The number of halogens is 2. The molecule has 12 heteroatoms. The van der Waals surface area contributed by atoms with Crippen LogP contribution < -0.4 is 15.5 Å². The van der Waals surface area contributed by atoms with Crippen LogP contribution >= 0.6 is 23.2 Å². The third-order valence-corrected chi connectivity index (χ3v) is 11.4. The molecule has 1 aliphatic carbocycles. The van der Waals surface area contributed by atoms with E-state index >= 15 is 0 Å². The van der Waals surface area contributed by atoms with Crippen molar-refractivity contribution in [2.24, 2.45) is 11.3 Å². The summed E-state index contributed by atoms with van der Waals surface area (Å²) in [6.45, 7) is 8.00. The topological polar surface area (TPSA) is 136 Å². The number of benzene rings is 3. The quantitative estimate of drug-likeness (QED) is 0.157. The zero-order valence-electron chi connectivity index (χ0n) is 28.5. The van der Waals surface area contributed by atoms with Crippen molar-refractivity contribution in [2.75, 3.05) is 11.4 Å². The Balaban J connectivity index is 1.29. The lowest BCUT2D eigenvalue weighted by atomic mass is 9.63. The molecule has 3 aliphatic rings. The Morgan fingerprint density at radius 1 is 1.02 bits per heavy atom. The van der Waals surface area contributed by atoms with Gasteiger partial charge in [0, 0.05) is 57.8 Å². The number of aromatic amines is 1. The third-order valence-electron chi connectivity index (χ3n) is 10.9. The number of aliphatic carboxylic acids is 1. The number of tetrazole rings is 1. The van der Waals surface area contributed by atoms with Gasteiger partial charge in [-0.1, -0.05) is 86.4 Å². The molecule has 0 radical (unpaired) electrons. The first kappa shape index (κ1) is 34.5. The van der Waals surface area contributed by atoms with Gasteiger partial charge >= 0.3 is 5.97 Å². The molecule has 4 atom stereocenters. The first-order valence-electron chi connectivity index (χ1n) is 17.3. The Morgan fingerprint density at radius 2 is 1.76 bits per heavy atom. The maximum atomic E-state index is 14.6. The van der Waals surface area contributed by atoms with Crippen LogP contribution in [0.15, 0.2) is 66.7 Å². The number of hydrogen-bond donors (Lipinski definition) is 4. The molecule has 50 heavy (non-hydrogen) atoms. The Hall–Kier alpha value is -3.99. The van der Waals surface area contributed by atoms with Crippen LogP contribution in [0.3, 0.4) is 0 Å². The Kier molecular flexibility index (Phi) is 9.39. The zero-order valence-corrected chi connectivity index (χ0v) is 30.0. The Bertz CT molecular complexity index is 1850. The molecule has 2 aliphatic heterocycles. The van der Waals surface area contributed by atoms with Gasteiger partial charge < -0.3 is 20.6 Å². The minimum atomic E-state index is -0.760. The summed E-state index contributed by atoms with van der Waals surface area (Å²) in [5.41, 5.74) is 4.52. The van der Waals surface area contributed by atoms with E-state index in [1.54, 1.807) is 0 Å². The summed E-state index contributed by atoms with van der Waals surface area (Å²) in [6.07, 6.45) is 3.20. The largest absolute Gasteiger partial charge is 0.481 e. The van der Waals surface area contributed by atoms with Crippen molar-refractivity contribution in [2.45, 2.75) is 88.9 Å². The SMILES string of the molecule is CC(C)(C)C[C@@H]1N[C@@H](C(=O)N[C@H]2CC[C@@H](C(=O)O)CC2)[C@H](c2ccccc2Cl)[C@]12CN(Cc1ccc(-c3nnn[nH]3)cc1)c1ccc(Cl)cc12. The molecule has 1 saturated carbocycles. The van der Waals surface area contributed by atoms with Gasteiger partial charge in [-0.3, -0.25) is 9.59 Å². The van der Waals surface area contributed by atoms with E-state index in [1.807, 2.05) is 36.4 Å². The number of rotatable bonds is 8. The molecule has 4 N–H and O–H groups in total. The number of carbonyl (C=O) groups excluding carboxylic acids is 1. The van der Waals surface area contributed by atoms with Gasteiger partial charge in [0.15, 0.2) is 5.82 Å². The van der Waals surface area contributed by atoms with Crippen molar-refractivity contribution in [3.05, 3.63) is 93.5 Å². The van der Waals surface area contributed by atoms with Crippen LogP contribution in [0.25, 0.3) is 11.4 Å². The molecule has 2 fully saturated rings. The summed E-state index contributed by atoms with van der Waals surface area (Å²) in [6, 6.07) is 21.5. The smallest absolute Gasteiger partial charge is 0.306 e. The van der Waals surface area contributed by atoms with E-state index in [2.05, 4.69) is 87.3 Å². The number of carbonyl (C=O) groups is 2. The second-order valence-corrected chi connectivity index (χ2v) is 16.2. The number of fused-ring (bicyclic) bond motifs is 2. The van der Waals surface area contributed by atoms with Crippen LogP contribution in [0.4, 0.5) is 5.69 Å². The summed E-state index contributed by atoms with van der Waals surface area (Å²) >= 11 is 13.9. The monoisotopic (exact) mass is 715 g/mol. The van der Waals surface area contributed by atoms with Crippen molar-refractivity contribution in [1.82, 2.24) is 31.3 Å². The van der Waals surface area contributed by atoms with E-state index in [0.717, 1.165) is 34.4 Å². The van der Waals surface area contributed by atoms with E-state index in [1.165, 1.54) is 0 Å². The van der Waals surface area contributed by atoms with Gasteiger partial charge in [0.25, 0.3) is 0 Å². The number of hydrogen-bond acceptors (Lipinski definition) is 7. The highest BCUT2D eigenvalue weighted by Crippen LogP contribution is 2.58. The summed E-state index contributed by atoms with van der Waals surface area (Å²) in [7, 11) is 0. The fourth-order valence-electron chi connectivity index (χ4n) is 8.63. The molecule has 3 aromatic carbocycles. The number of aromatic nitrogens is 4. The van der Waals surface area contributed by atoms with Gasteiger partial charge in [-0.05, 0) is 88.9 Å². The molecule has 7 rings (SSSR count). The highest BCUT2D eigenvalue weighted by molar-refractivity contribution is 6.31. The number of carboxylic acids is 1. The molecular formula is C38H43Cl2N7O3. The minimum absolute atomic E-state index is 0.0617. The maximum Gasteiger partial charge on any atom is 0.306 e. The van der Waals surface area contributed by atoms with Crippen molar-refractivity contribution in [3.63, 3.8) is 0 Å². The maximum absolute atomic E-state index is 14.6. The molecule has 4 aromatic rings. The van der Waals surface area contributed by atoms with Crippen LogP contribution in [0.1, 0.15) is 75.5 Å². The predicted molar refractivity (Wildman–Crippen MR) is 194 cm³/mol. The van der Waals surface area contributed by atoms with Crippen LogP contribution in [-0.2, 0) is 21.5 Å². The van der Waals surface area contributed by atoms with Crippen molar-refractivity contribution in [3.8, 4) is 11.4 Å². The Labute approximate surface area is 302 Å². The van der Waals surface area contributed by atoms with Crippen LogP contribution in [0, 0.1) is 11.3 Å². The lowest BCUT2D eigenvalue weighted by Crippen LogP contribution is -2.49. The van der Waals surface area contributed by atoms with Gasteiger partial charge in [-0.15, -0.1) is 5.10 Å². The van der Waals surface area contributed by atoms with E-state index in [4.69, 9.17) is 23.2 Å². The number of H-pyrrole nitrogens is 1. The van der Waals surface area contributed by atoms with Gasteiger partial charge in [-0.25, -0.2) is 5.10 Å². The molecule has 1 spiro atoms. The van der Waals surface area contributed by atoms with E-state index in [9.17, 15) is 14.7 Å². The molecule has 3 heterocycles. The number of anilines is 1. The number of amides is 1. The van der Waals surface area contributed by atoms with Crippen LogP contribution in [-0.4, -0.2) is 62.3 Å². The standard InChI is InChI=1S/C38H43Cl2N7O3/c1-37(2,3)19-31-38(21-47(30-17-14-25(39)18-28(30)38)20-22-8-10-23(11-9-22)34-43-45-46-44-34)32(27-6-4-5-7-29(27)40)33(42-31)35(48)41-26-15-12-24(13-16-26)36(49)50/h4-11,14,17-18,24,26,31-33,42H,12-13,15-16,19-21H2,1-3H3,(H,41,48)(H,49,50)(H,43,44,45,46)/t24-,26+,31-,32-,33+,38-/m0/s1. The van der Waals surface area contributed by atoms with Gasteiger partial charge in [-0.2, -0.15) is 0 Å². The van der Waals surface area contributed by atoms with Gasteiger partial charge in [0.2, 0.25) is 5.91 Å². The van der Waals surface area contributed by atoms with E-state index < -0.39 is 17.4 Å². The zero-order chi connectivity index (χ0) is 35.2. The molecule has 262 valence electrons. The first-order valence-corrected chi connectivity index (χ1v) is 18.1. The molecule has 0 bridgehead atoms. The third kappa shape index (κ3) is 6.61. The number of nitrogens with one attached hydrogen (secondary N) is 3. The molecule has 0 unspecified atom stereocenters. The second-order valence-electron chi connectivity index (χ2n) is 15.4. The summed E-state index contributed by atoms with van der Waals surface area (Å²) < 4.78 is 0. The molecule has 1 aromatic heterocycles. The second kappa shape index (κ2) is 13.6. The average Bonchev–Trinajstić information content (AvgIpc) is 3.80. The summed E-state index contributed by atoms with van der Waals surface area (Å²) in [5, 5.41) is 32.3. The van der Waals surface area contributed by atoms with Crippen molar-refractivity contribution < 1.29 is 14.7 Å². The van der Waals surface area contributed by atoms with E-state index in [0.29, 0.717) is 54.6 Å². The molecular weight excluding hydrogens is 673 g/mol. The highest BCUT2D eigenvalue weighted by atomic mass is 35.5. The first-order chi connectivity index (χ1) is 23.9. The van der Waals surface area contributed by atoms with Gasteiger partial charge in [0.05, 0.1) is 12.0 Å². The van der Waals surface area contributed by atoms with Crippen LogP contribution in [0.5, 0.6) is 0 Å². The lowest BCUT2D eigenvalue weighted by Gasteiger charge is -2.40. The molecule has 1 amide bonds. The van der Waals surface area contributed by atoms with Crippen LogP contribution in [0.2, 0.25) is 10.0 Å². The summed E-state index contributed by atoms with van der Waals surface area (Å²) in [4.78, 5) is 28.6. The fraction of sp³-hybridized carbons (Fsp3) is 0.447. The van der Waals surface area contributed by atoms with Crippen molar-refractivity contribution in [1.29, 1.82) is 0 Å². The Morgan fingerprint density at radius 3 is 2.42 bits per heavy atom. The predicted octanol–water partition coefficient (Wildman–Crippen LogP) is 6.75. The normalized spacial score (nSPS) is 26.3. The fourth-order valence-corrected chi connectivity index (χ4v) is 9.06. The summed E-state index contributed by atoms with van der Waals surface area (Å²) in [5.74, 6) is -0.902. The lowest BCUT2D eigenvalue weighted by molar-refractivity contribution is -0.142. The van der Waals surface area contributed by atoms with Gasteiger partial charge in [0.1, 0.15) is 0 Å². The number of carboxylic acid groups (broad SMARTS) is 1. The molecule has 1 saturated heterocycles. The number of nitrogens with zero attached hydrogens (tertiary/aromatic N) is 4. The average molecular weight is 717 g/mol. The highest BCUT2D eigenvalue weighted by Gasteiger charge is 2.62. The van der Waals surface area contributed by atoms with E-state index in [-0.39, 0.29) is 35.2 Å². The van der Waals surface area contributed by atoms with Crippen molar-refractivity contribution >= 4 is 40.8 Å². The molecule has 10 nitrogen and oxygen atoms in total.